The van der Waals surface area contributed by atoms with Crippen LogP contribution in [0, 0.1) is 13.8 Å². The Morgan fingerprint density at radius 3 is 2.45 bits per heavy atom. The number of aryl methyl sites for hydroxylation is 2. The summed E-state index contributed by atoms with van der Waals surface area (Å²) in [5.41, 5.74) is 4.22. The summed E-state index contributed by atoms with van der Waals surface area (Å²) in [6, 6.07) is 7.26. The van der Waals surface area contributed by atoms with E-state index in [-0.39, 0.29) is 24.8 Å². The maximum absolute atomic E-state index is 3.41. The molecule has 1 aliphatic rings. The van der Waals surface area contributed by atoms with Crippen molar-refractivity contribution in [3.05, 3.63) is 34.9 Å². The number of nitrogens with zero attached hydrogens (tertiary/aromatic N) is 2. The van der Waals surface area contributed by atoms with Crippen molar-refractivity contribution in [2.24, 2.45) is 0 Å². The third-order valence-corrected chi connectivity index (χ3v) is 4.52. The molecule has 1 fully saturated rings. The number of hydrogen-bond acceptors (Lipinski definition) is 3. The van der Waals surface area contributed by atoms with Crippen LogP contribution in [0.1, 0.15) is 29.7 Å². The van der Waals surface area contributed by atoms with Gasteiger partial charge in [-0.3, -0.25) is 9.80 Å². The second kappa shape index (κ2) is 10.5. The van der Waals surface area contributed by atoms with Crippen LogP contribution in [0.25, 0.3) is 0 Å². The average molecular weight is 348 g/mol. The third kappa shape index (κ3) is 6.05. The van der Waals surface area contributed by atoms with Gasteiger partial charge < -0.3 is 5.32 Å². The Balaban J connectivity index is 0.00000220. The van der Waals surface area contributed by atoms with E-state index in [0.717, 1.165) is 19.6 Å². The van der Waals surface area contributed by atoms with Crippen molar-refractivity contribution < 1.29 is 0 Å². The van der Waals surface area contributed by atoms with Gasteiger partial charge in [0.05, 0.1) is 0 Å². The average Bonchev–Trinajstić information content (AvgIpc) is 2.47. The first-order chi connectivity index (χ1) is 9.58. The minimum atomic E-state index is 0. The first kappa shape index (κ1) is 21.7. The maximum Gasteiger partial charge on any atom is 0.0320 e. The molecule has 1 aromatic carbocycles. The van der Waals surface area contributed by atoms with Gasteiger partial charge >= 0.3 is 0 Å². The lowest BCUT2D eigenvalue weighted by atomic mass is 9.99. The topological polar surface area (TPSA) is 18.5 Å². The van der Waals surface area contributed by atoms with Crippen molar-refractivity contribution in [3.8, 4) is 0 Å². The predicted octanol–water partition coefficient (Wildman–Crippen LogP) is 3.05. The molecule has 0 amide bonds. The van der Waals surface area contributed by atoms with E-state index < -0.39 is 0 Å². The lowest BCUT2D eigenvalue weighted by Crippen LogP contribution is -2.46. The quantitative estimate of drug-likeness (QED) is 0.882. The van der Waals surface area contributed by atoms with Crippen molar-refractivity contribution in [2.45, 2.75) is 26.8 Å². The summed E-state index contributed by atoms with van der Waals surface area (Å²) in [5, 5.41) is 3.41. The Morgan fingerprint density at radius 1 is 1.18 bits per heavy atom. The van der Waals surface area contributed by atoms with E-state index in [0.29, 0.717) is 6.04 Å². The molecular weight excluding hydrogens is 317 g/mol. The molecule has 1 unspecified atom stereocenters. The Bertz CT molecular complexity index is 434. The molecule has 2 rings (SSSR count). The highest BCUT2D eigenvalue weighted by Gasteiger charge is 2.16. The molecule has 3 nitrogen and oxygen atoms in total. The number of hydrogen-bond donors (Lipinski definition) is 1. The molecule has 22 heavy (non-hydrogen) atoms. The summed E-state index contributed by atoms with van der Waals surface area (Å²) in [5.74, 6) is 0. The zero-order valence-corrected chi connectivity index (χ0v) is 15.9. The van der Waals surface area contributed by atoms with Crippen LogP contribution in [0.5, 0.6) is 0 Å². The van der Waals surface area contributed by atoms with Crippen molar-refractivity contribution in [1.29, 1.82) is 0 Å². The summed E-state index contributed by atoms with van der Waals surface area (Å²) >= 11 is 0. The van der Waals surface area contributed by atoms with Crippen LogP contribution in [0.3, 0.4) is 0 Å². The molecule has 1 N–H and O–H groups in total. The molecule has 1 heterocycles. The highest BCUT2D eigenvalue weighted by atomic mass is 35.5. The lowest BCUT2D eigenvalue weighted by Gasteiger charge is -2.32. The second-order valence-electron chi connectivity index (χ2n) is 6.11. The zero-order valence-electron chi connectivity index (χ0n) is 14.3. The van der Waals surface area contributed by atoms with Crippen LogP contribution in [-0.2, 0) is 0 Å². The van der Waals surface area contributed by atoms with E-state index in [1.54, 1.807) is 0 Å². The van der Waals surface area contributed by atoms with E-state index in [9.17, 15) is 0 Å². The lowest BCUT2D eigenvalue weighted by molar-refractivity contribution is 0.183. The Kier molecular flexibility index (Phi) is 10.3. The molecule has 0 aliphatic carbocycles. The fraction of sp³-hybridized carbons (Fsp3) is 0.647. The molecule has 0 bridgehead atoms. The summed E-state index contributed by atoms with van der Waals surface area (Å²) in [6.45, 7) is 13.7. The van der Waals surface area contributed by atoms with Gasteiger partial charge in [-0.15, -0.1) is 24.8 Å². The SMILES string of the molecule is Cc1ccc(C)c(C(C)N(C)CCN2CCNCC2)c1.Cl.Cl. The Hall–Kier alpha value is -0.320. The molecule has 1 aromatic rings. The van der Waals surface area contributed by atoms with E-state index in [1.165, 1.54) is 36.3 Å². The van der Waals surface area contributed by atoms with Crippen LogP contribution >= 0.6 is 24.8 Å². The van der Waals surface area contributed by atoms with Gasteiger partial charge in [-0.1, -0.05) is 23.8 Å². The molecule has 0 radical (unpaired) electrons. The van der Waals surface area contributed by atoms with Gasteiger partial charge in [0.15, 0.2) is 0 Å². The molecule has 128 valence electrons. The molecular formula is C17H31Cl2N3. The minimum absolute atomic E-state index is 0. The molecule has 0 saturated carbocycles. The van der Waals surface area contributed by atoms with E-state index in [4.69, 9.17) is 0 Å². The highest BCUT2D eigenvalue weighted by molar-refractivity contribution is 5.85. The largest absolute Gasteiger partial charge is 0.314 e. The van der Waals surface area contributed by atoms with Crippen molar-refractivity contribution >= 4 is 24.8 Å². The standard InChI is InChI=1S/C17H29N3.2ClH/c1-14-5-6-15(2)17(13-14)16(3)19(4)11-12-20-9-7-18-8-10-20;;/h5-6,13,16,18H,7-12H2,1-4H3;2*1H. The van der Waals surface area contributed by atoms with Gasteiger partial charge in [-0.05, 0) is 38.9 Å². The number of benzene rings is 1. The summed E-state index contributed by atoms with van der Waals surface area (Å²) in [6.07, 6.45) is 0. The fourth-order valence-corrected chi connectivity index (χ4v) is 2.87. The molecule has 1 saturated heterocycles. The molecule has 1 aliphatic heterocycles. The van der Waals surface area contributed by atoms with Crippen molar-refractivity contribution in [2.75, 3.05) is 46.3 Å². The summed E-state index contributed by atoms with van der Waals surface area (Å²) < 4.78 is 0. The molecule has 0 aromatic heterocycles. The summed E-state index contributed by atoms with van der Waals surface area (Å²) in [4.78, 5) is 5.03. The van der Waals surface area contributed by atoms with Gasteiger partial charge in [0.1, 0.15) is 0 Å². The van der Waals surface area contributed by atoms with Crippen molar-refractivity contribution in [1.82, 2.24) is 15.1 Å². The zero-order chi connectivity index (χ0) is 14.5. The predicted molar refractivity (Wildman–Crippen MR) is 101 cm³/mol. The Morgan fingerprint density at radius 2 is 1.82 bits per heavy atom. The molecule has 5 heteroatoms. The maximum atomic E-state index is 3.41. The van der Waals surface area contributed by atoms with Crippen LogP contribution in [0.4, 0.5) is 0 Å². The van der Waals surface area contributed by atoms with Crippen LogP contribution in [-0.4, -0.2) is 56.1 Å². The fourth-order valence-electron chi connectivity index (χ4n) is 2.87. The normalized spacial score (nSPS) is 16.8. The van der Waals surface area contributed by atoms with Crippen molar-refractivity contribution in [3.63, 3.8) is 0 Å². The van der Waals surface area contributed by atoms with E-state index in [1.807, 2.05) is 0 Å². The number of likely N-dealkylation sites (N-methyl/N-ethyl adjacent to an activating group) is 1. The highest BCUT2D eigenvalue weighted by Crippen LogP contribution is 2.23. The van der Waals surface area contributed by atoms with E-state index >= 15 is 0 Å². The smallest absolute Gasteiger partial charge is 0.0320 e. The first-order valence-electron chi connectivity index (χ1n) is 7.78. The van der Waals surface area contributed by atoms with Gasteiger partial charge in [0.2, 0.25) is 0 Å². The number of piperazine rings is 1. The number of rotatable bonds is 5. The Labute approximate surface area is 148 Å². The summed E-state index contributed by atoms with van der Waals surface area (Å²) in [7, 11) is 2.24. The third-order valence-electron chi connectivity index (χ3n) is 4.52. The van der Waals surface area contributed by atoms with Crippen LogP contribution in [0.2, 0.25) is 0 Å². The van der Waals surface area contributed by atoms with Gasteiger partial charge in [0, 0.05) is 45.3 Å². The van der Waals surface area contributed by atoms with Crippen LogP contribution < -0.4 is 5.32 Å². The monoisotopic (exact) mass is 347 g/mol. The van der Waals surface area contributed by atoms with Gasteiger partial charge in [-0.25, -0.2) is 0 Å². The number of nitrogens with one attached hydrogen (secondary N) is 1. The van der Waals surface area contributed by atoms with Crippen LogP contribution in [0.15, 0.2) is 18.2 Å². The van der Waals surface area contributed by atoms with Gasteiger partial charge in [-0.2, -0.15) is 0 Å². The van der Waals surface area contributed by atoms with Gasteiger partial charge in [0.25, 0.3) is 0 Å². The van der Waals surface area contributed by atoms with E-state index in [2.05, 4.69) is 61.1 Å². The molecule has 0 spiro atoms. The minimum Gasteiger partial charge on any atom is -0.314 e. The first-order valence-corrected chi connectivity index (χ1v) is 7.78. The number of halogens is 2. The second-order valence-corrected chi connectivity index (χ2v) is 6.11. The molecule has 1 atom stereocenters.